The number of hydrogen-bond acceptors (Lipinski definition) is 15. The molecule has 2 unspecified atom stereocenters. The number of non-ortho nitro benzene ring substituents is 1. The number of nitrogens with zero attached hydrogens (tertiary/aromatic N) is 4. The first-order valence-corrected chi connectivity index (χ1v) is 16.1. The van der Waals surface area contributed by atoms with Gasteiger partial charge in [-0.3, -0.25) is 38.6 Å². The van der Waals surface area contributed by atoms with E-state index in [0.29, 0.717) is 5.56 Å². The average Bonchev–Trinajstić information content (AvgIpc) is 3.44. The van der Waals surface area contributed by atoms with Crippen molar-refractivity contribution in [2.45, 2.75) is 50.6 Å². The first-order valence-electron chi connectivity index (χ1n) is 12.9. The van der Waals surface area contributed by atoms with Gasteiger partial charge in [0.05, 0.1) is 11.3 Å². The van der Waals surface area contributed by atoms with Crippen molar-refractivity contribution in [2.75, 3.05) is 11.2 Å². The summed E-state index contributed by atoms with van der Waals surface area (Å²) in [7, 11) is -5.19. The number of ether oxygens (including phenoxy) is 2. The van der Waals surface area contributed by atoms with Gasteiger partial charge in [0, 0.05) is 24.4 Å². The number of aromatic nitrogens is 1. The van der Waals surface area contributed by atoms with Crippen LogP contribution in [0.3, 0.4) is 0 Å². The maximum atomic E-state index is 13.4. The number of halogens is 2. The molecular weight excluding hydrogens is 715 g/mol. The number of anilines is 1. The topological polar surface area (TPSA) is 263 Å². The van der Waals surface area contributed by atoms with E-state index < -0.39 is 80.2 Å². The van der Waals surface area contributed by atoms with Crippen LogP contribution in [0, 0.1) is 10.1 Å². The quantitative estimate of drug-likeness (QED) is 0.0439. The number of rotatable bonds is 15. The molecule has 1 aliphatic heterocycles. The molecule has 47 heavy (non-hydrogen) atoms. The van der Waals surface area contributed by atoms with Gasteiger partial charge in [-0.1, -0.05) is 16.8 Å². The number of carbonyl (C=O) groups excluding carboxylic acids is 5. The number of carbonyl (C=O) groups is 5. The second kappa shape index (κ2) is 15.9. The Labute approximate surface area is 279 Å². The Balaban J connectivity index is 1.77. The highest BCUT2D eigenvalue weighted by molar-refractivity contribution is 7.84. The van der Waals surface area contributed by atoms with E-state index in [0.717, 1.165) is 18.3 Å². The van der Waals surface area contributed by atoms with Gasteiger partial charge in [0.2, 0.25) is 5.91 Å². The van der Waals surface area contributed by atoms with E-state index >= 15 is 0 Å². The van der Waals surface area contributed by atoms with Crippen LogP contribution >= 0.6 is 34.5 Å². The summed E-state index contributed by atoms with van der Waals surface area (Å²) in [5.41, 5.74) is -2.33. The van der Waals surface area contributed by atoms with E-state index in [9.17, 15) is 47.1 Å². The van der Waals surface area contributed by atoms with Crippen LogP contribution in [0.15, 0.2) is 34.8 Å². The molecule has 1 aromatic carbocycles. The number of amides is 3. The van der Waals surface area contributed by atoms with Crippen LogP contribution in [0.25, 0.3) is 0 Å². The number of thiazole rings is 1. The Morgan fingerprint density at radius 2 is 1.91 bits per heavy atom. The highest BCUT2D eigenvalue weighted by Crippen LogP contribution is 2.30. The standard InChI is InChI=1S/C24H24Cl2N6O13S2/c1-11(7-17(35)43-9-13-3-5-14(6-4-13)32(38)39)45-30-18(15-10-46-24(27-15)28-16(34)8-25)22(36)29-19-20(21(26)44-12(2)33)31(23(19)37)47(40,41)42/h3-6,10-11,19-21H,7-9H2,1-2H3,(H,29,36)(H,27,28,34)(H,40,41,42)/b30-18-/t11?,19-,20-,21?/m1/s1. The normalized spacial score (nSPS) is 17.5. The number of nitro groups is 1. The molecule has 0 spiro atoms. The number of esters is 2. The minimum Gasteiger partial charge on any atom is -0.461 e. The van der Waals surface area contributed by atoms with E-state index in [1.807, 2.05) is 0 Å². The second-order valence-electron chi connectivity index (χ2n) is 9.38. The summed E-state index contributed by atoms with van der Waals surface area (Å²) < 4.78 is 42.7. The maximum Gasteiger partial charge on any atom is 0.362 e. The minimum atomic E-state index is -5.19. The maximum absolute atomic E-state index is 13.4. The lowest BCUT2D eigenvalue weighted by Gasteiger charge is -2.45. The fourth-order valence-electron chi connectivity index (χ4n) is 3.74. The zero-order valence-electron chi connectivity index (χ0n) is 24.0. The molecule has 0 saturated carbocycles. The van der Waals surface area contributed by atoms with E-state index in [1.165, 1.54) is 36.6 Å². The summed E-state index contributed by atoms with van der Waals surface area (Å²) in [6.07, 6.45) is -1.41. The van der Waals surface area contributed by atoms with Crippen molar-refractivity contribution in [1.82, 2.24) is 14.6 Å². The molecule has 1 saturated heterocycles. The van der Waals surface area contributed by atoms with Crippen LogP contribution in [0.1, 0.15) is 31.5 Å². The minimum absolute atomic E-state index is 0.0140. The number of hydrogen-bond donors (Lipinski definition) is 3. The van der Waals surface area contributed by atoms with E-state index in [1.54, 1.807) is 0 Å². The van der Waals surface area contributed by atoms with Gasteiger partial charge < -0.3 is 24.9 Å². The predicted molar refractivity (Wildman–Crippen MR) is 162 cm³/mol. The molecule has 4 atom stereocenters. The van der Waals surface area contributed by atoms with Crippen molar-refractivity contribution in [3.8, 4) is 0 Å². The smallest absolute Gasteiger partial charge is 0.362 e. The van der Waals surface area contributed by atoms with Crippen LogP contribution in [0.4, 0.5) is 10.8 Å². The number of nitrogens with one attached hydrogen (secondary N) is 2. The van der Waals surface area contributed by atoms with Crippen LogP contribution in [0.5, 0.6) is 0 Å². The lowest BCUT2D eigenvalue weighted by atomic mass is 9.99. The number of alkyl halides is 2. The molecule has 23 heteroatoms. The number of benzene rings is 1. The van der Waals surface area contributed by atoms with E-state index in [4.69, 9.17) is 37.5 Å². The third-order valence-electron chi connectivity index (χ3n) is 5.83. The van der Waals surface area contributed by atoms with Gasteiger partial charge in [-0.15, -0.1) is 22.9 Å². The van der Waals surface area contributed by atoms with Gasteiger partial charge in [-0.05, 0) is 24.6 Å². The molecular formula is C24H24Cl2N6O13S2. The summed E-state index contributed by atoms with van der Waals surface area (Å²) in [6, 6.07) is 1.77. The van der Waals surface area contributed by atoms with Gasteiger partial charge in [0.1, 0.15) is 36.4 Å². The zero-order valence-corrected chi connectivity index (χ0v) is 27.2. The van der Waals surface area contributed by atoms with Crippen molar-refractivity contribution >= 4 is 91.0 Å². The molecule has 0 bridgehead atoms. The Bertz CT molecular complexity index is 1690. The molecule has 1 fully saturated rings. The third kappa shape index (κ3) is 10.0. The number of nitro benzene ring substituents is 1. The summed E-state index contributed by atoms with van der Waals surface area (Å²) in [6.45, 7) is 2.13. The summed E-state index contributed by atoms with van der Waals surface area (Å²) in [5, 5.41) is 20.3. The average molecular weight is 740 g/mol. The molecule has 1 aliphatic rings. The van der Waals surface area contributed by atoms with Crippen LogP contribution in [0.2, 0.25) is 0 Å². The van der Waals surface area contributed by atoms with Crippen molar-refractivity contribution in [1.29, 1.82) is 0 Å². The molecule has 2 aromatic rings. The highest BCUT2D eigenvalue weighted by Gasteiger charge is 2.58. The molecule has 3 rings (SSSR count). The summed E-state index contributed by atoms with van der Waals surface area (Å²) >= 11 is 12.3. The third-order valence-corrected chi connectivity index (χ3v) is 8.10. The van der Waals surface area contributed by atoms with Crippen molar-refractivity contribution < 1.29 is 56.2 Å². The van der Waals surface area contributed by atoms with Crippen molar-refractivity contribution in [3.05, 3.63) is 51.0 Å². The number of oxime groups is 1. The lowest BCUT2D eigenvalue weighted by molar-refractivity contribution is -0.384. The zero-order chi connectivity index (χ0) is 35.1. The summed E-state index contributed by atoms with van der Waals surface area (Å²) in [4.78, 5) is 80.9. The van der Waals surface area contributed by atoms with E-state index in [2.05, 4.69) is 20.8 Å². The molecule has 0 aliphatic carbocycles. The molecule has 2 heterocycles. The van der Waals surface area contributed by atoms with Gasteiger partial charge in [-0.25, -0.2) is 9.29 Å². The van der Waals surface area contributed by atoms with Crippen molar-refractivity contribution in [3.63, 3.8) is 0 Å². The lowest BCUT2D eigenvalue weighted by Crippen LogP contribution is -2.75. The Morgan fingerprint density at radius 1 is 1.26 bits per heavy atom. The Kier molecular flexibility index (Phi) is 12.5. The molecule has 19 nitrogen and oxygen atoms in total. The Hall–Kier alpha value is -4.44. The highest BCUT2D eigenvalue weighted by atomic mass is 35.5. The van der Waals surface area contributed by atoms with Gasteiger partial charge in [0.25, 0.3) is 17.5 Å². The molecule has 3 amide bonds. The predicted octanol–water partition coefficient (Wildman–Crippen LogP) is 1.10. The molecule has 0 radical (unpaired) electrons. The van der Waals surface area contributed by atoms with Gasteiger partial charge in [-0.2, -0.15) is 8.42 Å². The van der Waals surface area contributed by atoms with Crippen LogP contribution < -0.4 is 10.6 Å². The SMILES string of the molecule is CC(=O)OC(Cl)[C@H]1[C@@H](NC(=O)/C(=N\OC(C)CC(=O)OCc2ccc([N+](=O)[O-])cc2)c2csc(NC(=O)CCl)n2)C(=O)N1S(=O)(=O)O. The van der Waals surface area contributed by atoms with Gasteiger partial charge in [0.15, 0.2) is 16.4 Å². The molecule has 254 valence electrons. The monoisotopic (exact) mass is 738 g/mol. The first kappa shape index (κ1) is 37.0. The van der Waals surface area contributed by atoms with Crippen LogP contribution in [-0.4, -0.2) is 92.2 Å². The van der Waals surface area contributed by atoms with Crippen LogP contribution in [-0.2, 0) is 55.2 Å². The molecule has 3 N–H and O–H groups in total. The molecule has 1 aromatic heterocycles. The fourth-order valence-corrected chi connectivity index (χ4v) is 5.85. The first-order chi connectivity index (χ1) is 22.0. The largest absolute Gasteiger partial charge is 0.461 e. The fraction of sp³-hybridized carbons (Fsp3) is 0.375. The van der Waals surface area contributed by atoms with Crippen molar-refractivity contribution in [2.24, 2.45) is 5.16 Å². The van der Waals surface area contributed by atoms with Gasteiger partial charge >= 0.3 is 22.2 Å². The Morgan fingerprint density at radius 3 is 2.49 bits per heavy atom. The van der Waals surface area contributed by atoms with E-state index in [-0.39, 0.29) is 33.8 Å². The number of β-lactam (4-membered cyclic amide) rings is 1. The summed E-state index contributed by atoms with van der Waals surface area (Å²) in [5.74, 6) is -5.28. The second-order valence-corrected chi connectivity index (χ2v) is 12.2.